The average Bonchev–Trinajstić information content (AvgIpc) is 2.60. The van der Waals surface area contributed by atoms with Crippen LogP contribution in [0.1, 0.15) is 22.3 Å². The molecule has 0 amide bonds. The van der Waals surface area contributed by atoms with Crippen LogP contribution in [0.15, 0.2) is 36.4 Å². The first-order chi connectivity index (χ1) is 13.2. The summed E-state index contributed by atoms with van der Waals surface area (Å²) in [6, 6.07) is 6.72. The first-order valence-corrected chi connectivity index (χ1v) is 10.2. The fourth-order valence-corrected chi connectivity index (χ4v) is 4.19. The molecule has 28 heavy (non-hydrogen) atoms. The summed E-state index contributed by atoms with van der Waals surface area (Å²) < 4.78 is 42.1. The first-order valence-electron chi connectivity index (χ1n) is 7.99. The van der Waals surface area contributed by atoms with E-state index < -0.39 is 17.5 Å². The summed E-state index contributed by atoms with van der Waals surface area (Å²) >= 11 is 3.55. The Labute approximate surface area is 186 Å². The molecular weight excluding hydrogens is 599 g/mol. The Morgan fingerprint density at radius 3 is 1.18 bits per heavy atom. The van der Waals surface area contributed by atoms with E-state index in [9.17, 15) is 28.5 Å². The van der Waals surface area contributed by atoms with Gasteiger partial charge >= 0.3 is 0 Å². The van der Waals surface area contributed by atoms with Crippen LogP contribution < -0.4 is 0 Å². The van der Waals surface area contributed by atoms with E-state index in [4.69, 9.17) is 0 Å². The zero-order valence-electron chi connectivity index (χ0n) is 14.1. The fourth-order valence-electron chi connectivity index (χ4n) is 2.91. The Balaban J connectivity index is 2.02. The number of phenolic OH excluding ortho intramolecular Hbond substituents is 3. The average molecular weight is 612 g/mol. The van der Waals surface area contributed by atoms with Crippen molar-refractivity contribution < 1.29 is 28.5 Å². The molecule has 0 heterocycles. The summed E-state index contributed by atoms with van der Waals surface area (Å²) in [7, 11) is 0. The number of phenols is 3. The van der Waals surface area contributed by atoms with Crippen LogP contribution in [-0.4, -0.2) is 15.3 Å². The van der Waals surface area contributed by atoms with E-state index in [1.54, 1.807) is 45.2 Å². The summed E-state index contributed by atoms with van der Waals surface area (Å²) in [4.78, 5) is 0. The van der Waals surface area contributed by atoms with E-state index in [0.29, 0.717) is 7.14 Å². The van der Waals surface area contributed by atoms with Gasteiger partial charge in [0.15, 0.2) is 0 Å². The lowest BCUT2D eigenvalue weighted by Crippen LogP contribution is -1.99. The molecule has 0 aliphatic rings. The third-order valence-electron chi connectivity index (χ3n) is 4.21. The Morgan fingerprint density at radius 1 is 0.536 bits per heavy atom. The van der Waals surface area contributed by atoms with E-state index >= 15 is 0 Å². The van der Waals surface area contributed by atoms with E-state index in [2.05, 4.69) is 0 Å². The van der Waals surface area contributed by atoms with E-state index in [-0.39, 0.29) is 52.3 Å². The van der Waals surface area contributed by atoms with Gasteiger partial charge in [-0.05, 0) is 81.6 Å². The lowest BCUT2D eigenvalue weighted by Gasteiger charge is -2.13. The van der Waals surface area contributed by atoms with Gasteiger partial charge < -0.3 is 15.3 Å². The van der Waals surface area contributed by atoms with Crippen LogP contribution in [0.25, 0.3) is 0 Å². The second kappa shape index (κ2) is 8.36. The molecule has 3 aromatic carbocycles. The molecule has 0 saturated heterocycles. The molecule has 0 atom stereocenters. The lowest BCUT2D eigenvalue weighted by molar-refractivity contribution is 0.451. The fraction of sp³-hybridized carbons (Fsp3) is 0.100. The van der Waals surface area contributed by atoms with Gasteiger partial charge in [0, 0.05) is 35.1 Å². The van der Waals surface area contributed by atoms with Crippen molar-refractivity contribution in [1.82, 2.24) is 0 Å². The molecule has 0 fully saturated rings. The van der Waals surface area contributed by atoms with Gasteiger partial charge in [0.2, 0.25) is 0 Å². The second-order valence-electron chi connectivity index (χ2n) is 6.22. The molecule has 0 aromatic heterocycles. The van der Waals surface area contributed by atoms with Gasteiger partial charge in [-0.3, -0.25) is 0 Å². The molecule has 3 nitrogen and oxygen atoms in total. The quantitative estimate of drug-likeness (QED) is 0.336. The van der Waals surface area contributed by atoms with Crippen LogP contribution >= 0.6 is 45.2 Å². The van der Waals surface area contributed by atoms with Crippen molar-refractivity contribution >= 4 is 45.2 Å². The van der Waals surface area contributed by atoms with Crippen molar-refractivity contribution in [2.24, 2.45) is 0 Å². The molecule has 3 N–H and O–H groups in total. The van der Waals surface area contributed by atoms with Crippen molar-refractivity contribution in [1.29, 1.82) is 0 Å². The predicted molar refractivity (Wildman–Crippen MR) is 115 cm³/mol. The Kier molecular flexibility index (Phi) is 6.28. The minimum atomic E-state index is -0.654. The number of aromatic hydroxyl groups is 3. The monoisotopic (exact) mass is 612 g/mol. The van der Waals surface area contributed by atoms with Gasteiger partial charge in [-0.1, -0.05) is 0 Å². The first kappa shape index (κ1) is 21.0. The summed E-state index contributed by atoms with van der Waals surface area (Å²) in [5.74, 6) is -2.34. The Morgan fingerprint density at radius 2 is 0.821 bits per heavy atom. The zero-order chi connectivity index (χ0) is 20.6. The molecule has 3 rings (SSSR count). The van der Waals surface area contributed by atoms with E-state index in [0.717, 1.165) is 36.4 Å². The molecule has 0 bridgehead atoms. The maximum absolute atomic E-state index is 14.1. The smallest absolute Gasteiger partial charge is 0.132 e. The van der Waals surface area contributed by atoms with Gasteiger partial charge in [0.25, 0.3) is 0 Å². The number of benzene rings is 3. The molecule has 8 heteroatoms. The summed E-state index contributed by atoms with van der Waals surface area (Å²) in [5.41, 5.74) is 0.661. The zero-order valence-corrected chi connectivity index (χ0v) is 18.4. The highest BCUT2D eigenvalue weighted by molar-refractivity contribution is 14.1. The molecule has 0 spiro atoms. The van der Waals surface area contributed by atoms with Gasteiger partial charge in [-0.2, -0.15) is 0 Å². The molecule has 146 valence electrons. The second-order valence-corrected chi connectivity index (χ2v) is 8.54. The third-order valence-corrected chi connectivity index (χ3v) is 5.85. The lowest BCUT2D eigenvalue weighted by atomic mass is 9.96. The van der Waals surface area contributed by atoms with Gasteiger partial charge in [-0.25, -0.2) is 13.2 Å². The molecule has 3 aromatic rings. The summed E-state index contributed by atoms with van der Waals surface area (Å²) in [6.07, 6.45) is -0.217. The summed E-state index contributed by atoms with van der Waals surface area (Å²) in [6.45, 7) is 0. The molecular formula is C20H13F3I2O3. The topological polar surface area (TPSA) is 60.7 Å². The third kappa shape index (κ3) is 4.48. The van der Waals surface area contributed by atoms with Crippen molar-refractivity contribution in [3.05, 3.63) is 83.2 Å². The predicted octanol–water partition coefficient (Wildman–Crippen LogP) is 5.61. The highest BCUT2D eigenvalue weighted by Crippen LogP contribution is 2.35. The largest absolute Gasteiger partial charge is 0.507 e. The molecule has 0 radical (unpaired) electrons. The Bertz CT molecular complexity index is 991. The van der Waals surface area contributed by atoms with Crippen LogP contribution in [0.4, 0.5) is 13.2 Å². The Hall–Kier alpha value is -1.69. The maximum atomic E-state index is 14.1. The van der Waals surface area contributed by atoms with Crippen molar-refractivity contribution in [3.63, 3.8) is 0 Å². The minimum Gasteiger partial charge on any atom is -0.507 e. The highest BCUT2D eigenvalue weighted by atomic mass is 127. The van der Waals surface area contributed by atoms with Crippen LogP contribution in [0.2, 0.25) is 0 Å². The number of halogens is 5. The van der Waals surface area contributed by atoms with E-state index in [1.807, 2.05) is 0 Å². The van der Waals surface area contributed by atoms with Gasteiger partial charge in [0.05, 0.1) is 7.14 Å². The van der Waals surface area contributed by atoms with Crippen molar-refractivity contribution in [2.45, 2.75) is 12.8 Å². The van der Waals surface area contributed by atoms with Crippen LogP contribution in [0.5, 0.6) is 17.2 Å². The standard InChI is InChI=1S/C20H13F3I2O3/c21-13-3-9(1-11-5-14(22)7-16(24)19(11)27)18(26)10(4-13)2-12-6-15(23)8-17(25)20(12)28/h3-8,26-28H,1-2H2. The highest BCUT2D eigenvalue weighted by Gasteiger charge is 2.17. The van der Waals surface area contributed by atoms with Crippen LogP contribution in [0.3, 0.4) is 0 Å². The van der Waals surface area contributed by atoms with Crippen LogP contribution in [-0.2, 0) is 12.8 Å². The van der Waals surface area contributed by atoms with Crippen LogP contribution in [0, 0.1) is 24.6 Å². The molecule has 0 aliphatic carbocycles. The number of hydrogen-bond acceptors (Lipinski definition) is 3. The number of hydrogen-bond donors (Lipinski definition) is 3. The molecule has 0 unspecified atom stereocenters. The van der Waals surface area contributed by atoms with E-state index in [1.165, 1.54) is 0 Å². The number of rotatable bonds is 4. The van der Waals surface area contributed by atoms with Crippen molar-refractivity contribution in [3.8, 4) is 17.2 Å². The summed E-state index contributed by atoms with van der Waals surface area (Å²) in [5, 5.41) is 30.8. The molecule has 0 aliphatic heterocycles. The van der Waals surface area contributed by atoms with Gasteiger partial charge in [-0.15, -0.1) is 0 Å². The van der Waals surface area contributed by atoms with Crippen molar-refractivity contribution in [2.75, 3.05) is 0 Å². The van der Waals surface area contributed by atoms with Gasteiger partial charge in [0.1, 0.15) is 34.7 Å². The maximum Gasteiger partial charge on any atom is 0.132 e. The SMILES string of the molecule is Oc1c(I)cc(F)cc1Cc1cc(F)cc(Cc2cc(F)cc(I)c2O)c1O. The minimum absolute atomic E-state index is 0.108. The molecule has 0 saturated carbocycles. The normalized spacial score (nSPS) is 11.0.